The number of aliphatic hydroxyl groups is 1. The van der Waals surface area contributed by atoms with Gasteiger partial charge in [0.2, 0.25) is 10.0 Å². The highest BCUT2D eigenvalue weighted by Gasteiger charge is 2.15. The maximum absolute atomic E-state index is 11.8. The Balaban J connectivity index is 1.82. The Labute approximate surface area is 118 Å². The minimum atomic E-state index is -3.41. The molecule has 20 heavy (non-hydrogen) atoms. The Morgan fingerprint density at radius 3 is 2.60 bits per heavy atom. The molecule has 0 fully saturated rings. The van der Waals surface area contributed by atoms with Gasteiger partial charge in [0.1, 0.15) is 0 Å². The topological polar surface area (TPSA) is 79.5 Å². The molecule has 0 spiro atoms. The molecular formula is C14H17NO4S. The first-order valence-corrected chi connectivity index (χ1v) is 7.93. The van der Waals surface area contributed by atoms with E-state index in [1.165, 1.54) is 12.5 Å². The molecular weight excluding hydrogens is 278 g/mol. The molecule has 2 N–H and O–H groups in total. The van der Waals surface area contributed by atoms with Crippen LogP contribution in [0.3, 0.4) is 0 Å². The van der Waals surface area contributed by atoms with Gasteiger partial charge in [0.15, 0.2) is 0 Å². The van der Waals surface area contributed by atoms with Gasteiger partial charge in [0.05, 0.1) is 24.4 Å². The van der Waals surface area contributed by atoms with E-state index in [1.54, 1.807) is 6.07 Å². The van der Waals surface area contributed by atoms with Crippen LogP contribution in [-0.4, -0.2) is 25.8 Å². The highest BCUT2D eigenvalue weighted by atomic mass is 32.2. The molecule has 0 aliphatic heterocycles. The van der Waals surface area contributed by atoms with Gasteiger partial charge in [-0.15, -0.1) is 0 Å². The highest BCUT2D eigenvalue weighted by Crippen LogP contribution is 2.12. The van der Waals surface area contributed by atoms with Crippen LogP contribution in [0.4, 0.5) is 0 Å². The second kappa shape index (κ2) is 6.69. The molecule has 0 saturated carbocycles. The van der Waals surface area contributed by atoms with Crippen LogP contribution in [0.25, 0.3) is 0 Å². The molecule has 0 aliphatic carbocycles. The number of rotatable bonds is 7. The van der Waals surface area contributed by atoms with Crippen molar-refractivity contribution in [2.24, 2.45) is 0 Å². The Kier molecular flexibility index (Phi) is 4.94. The maximum atomic E-state index is 11.8. The van der Waals surface area contributed by atoms with Gasteiger partial charge >= 0.3 is 0 Å². The van der Waals surface area contributed by atoms with Crippen LogP contribution in [0.15, 0.2) is 53.3 Å². The lowest BCUT2D eigenvalue weighted by atomic mass is 10.2. The SMILES string of the molecule is O=S(=O)(CCc1ccccc1)NC[C@@H](O)c1ccoc1. The molecule has 1 atom stereocenters. The summed E-state index contributed by atoms with van der Waals surface area (Å²) in [6, 6.07) is 11.0. The Bertz CT molecular complexity index is 608. The number of furan rings is 1. The third kappa shape index (κ3) is 4.48. The van der Waals surface area contributed by atoms with Crippen molar-refractivity contribution in [3.8, 4) is 0 Å². The molecule has 0 radical (unpaired) electrons. The van der Waals surface area contributed by atoms with E-state index < -0.39 is 16.1 Å². The van der Waals surface area contributed by atoms with E-state index in [-0.39, 0.29) is 12.3 Å². The summed E-state index contributed by atoms with van der Waals surface area (Å²) in [4.78, 5) is 0. The highest BCUT2D eigenvalue weighted by molar-refractivity contribution is 7.89. The molecule has 2 rings (SSSR count). The molecule has 6 heteroatoms. The monoisotopic (exact) mass is 295 g/mol. The van der Waals surface area contributed by atoms with Gasteiger partial charge in [-0.2, -0.15) is 0 Å². The zero-order valence-corrected chi connectivity index (χ0v) is 11.7. The lowest BCUT2D eigenvalue weighted by molar-refractivity contribution is 0.181. The standard InChI is InChI=1S/C14H17NO4S/c16-14(13-6-8-19-11-13)10-15-20(17,18)9-7-12-4-2-1-3-5-12/h1-6,8,11,14-16H,7,9-10H2/t14-/m1/s1. The molecule has 1 aromatic heterocycles. The van der Waals surface area contributed by atoms with Crippen LogP contribution in [-0.2, 0) is 16.4 Å². The van der Waals surface area contributed by atoms with Crippen LogP contribution >= 0.6 is 0 Å². The van der Waals surface area contributed by atoms with Crippen molar-refractivity contribution in [1.82, 2.24) is 4.72 Å². The lowest BCUT2D eigenvalue weighted by Crippen LogP contribution is -2.31. The summed E-state index contributed by atoms with van der Waals surface area (Å²) in [6.07, 6.45) is 2.36. The summed E-state index contributed by atoms with van der Waals surface area (Å²) in [7, 11) is -3.41. The van der Waals surface area contributed by atoms with E-state index in [4.69, 9.17) is 4.42 Å². The summed E-state index contributed by atoms with van der Waals surface area (Å²) >= 11 is 0. The number of aliphatic hydroxyl groups excluding tert-OH is 1. The molecule has 2 aromatic rings. The number of sulfonamides is 1. The Morgan fingerprint density at radius 1 is 1.20 bits per heavy atom. The molecule has 0 aliphatic rings. The average molecular weight is 295 g/mol. The molecule has 0 unspecified atom stereocenters. The van der Waals surface area contributed by atoms with Crippen LogP contribution in [0.1, 0.15) is 17.2 Å². The first-order chi connectivity index (χ1) is 9.57. The van der Waals surface area contributed by atoms with Crippen LogP contribution < -0.4 is 4.72 Å². The van der Waals surface area contributed by atoms with E-state index >= 15 is 0 Å². The predicted octanol–water partition coefficient (Wildman–Crippen LogP) is 1.48. The molecule has 5 nitrogen and oxygen atoms in total. The summed E-state index contributed by atoms with van der Waals surface area (Å²) in [6.45, 7) is -0.0589. The smallest absolute Gasteiger partial charge is 0.212 e. The van der Waals surface area contributed by atoms with E-state index in [1.807, 2.05) is 30.3 Å². The Morgan fingerprint density at radius 2 is 1.95 bits per heavy atom. The summed E-state index contributed by atoms with van der Waals surface area (Å²) in [5.41, 5.74) is 1.52. The van der Waals surface area contributed by atoms with Crippen molar-refractivity contribution >= 4 is 10.0 Å². The van der Waals surface area contributed by atoms with Gasteiger partial charge < -0.3 is 9.52 Å². The van der Waals surface area contributed by atoms with Gasteiger partial charge in [-0.25, -0.2) is 13.1 Å². The first kappa shape index (κ1) is 14.8. The van der Waals surface area contributed by atoms with Crippen LogP contribution in [0.5, 0.6) is 0 Å². The molecule has 0 bridgehead atoms. The number of benzene rings is 1. The third-order valence-electron chi connectivity index (χ3n) is 2.93. The maximum Gasteiger partial charge on any atom is 0.212 e. The average Bonchev–Trinajstić information content (AvgIpc) is 2.98. The fourth-order valence-corrected chi connectivity index (χ4v) is 2.82. The summed E-state index contributed by atoms with van der Waals surface area (Å²) in [5.74, 6) is -0.00484. The third-order valence-corrected chi connectivity index (χ3v) is 4.27. The van der Waals surface area contributed by atoms with E-state index in [9.17, 15) is 13.5 Å². The van der Waals surface area contributed by atoms with E-state index in [0.717, 1.165) is 5.56 Å². The quantitative estimate of drug-likeness (QED) is 0.811. The van der Waals surface area contributed by atoms with Gasteiger partial charge in [-0.3, -0.25) is 0 Å². The van der Waals surface area contributed by atoms with Crippen molar-refractivity contribution in [2.75, 3.05) is 12.3 Å². The molecule has 1 heterocycles. The summed E-state index contributed by atoms with van der Waals surface area (Å²) in [5, 5.41) is 9.77. The van der Waals surface area contributed by atoms with Gasteiger partial charge in [-0.1, -0.05) is 30.3 Å². The van der Waals surface area contributed by atoms with Crippen molar-refractivity contribution in [1.29, 1.82) is 0 Å². The number of hydrogen-bond donors (Lipinski definition) is 2. The predicted molar refractivity (Wildman–Crippen MR) is 75.6 cm³/mol. The molecule has 0 amide bonds. The molecule has 108 valence electrons. The zero-order valence-electron chi connectivity index (χ0n) is 10.9. The summed E-state index contributed by atoms with van der Waals surface area (Å²) < 4.78 is 30.9. The van der Waals surface area contributed by atoms with Gasteiger partial charge in [0, 0.05) is 12.1 Å². The van der Waals surface area contributed by atoms with Gasteiger partial charge in [0.25, 0.3) is 0 Å². The Hall–Kier alpha value is -1.63. The van der Waals surface area contributed by atoms with Crippen molar-refractivity contribution in [2.45, 2.75) is 12.5 Å². The zero-order chi connectivity index (χ0) is 14.4. The van der Waals surface area contributed by atoms with Crippen molar-refractivity contribution in [3.63, 3.8) is 0 Å². The second-order valence-electron chi connectivity index (χ2n) is 4.48. The van der Waals surface area contributed by atoms with Crippen LogP contribution in [0.2, 0.25) is 0 Å². The minimum absolute atomic E-state index is 0.00484. The number of nitrogens with one attached hydrogen (secondary N) is 1. The normalized spacial score (nSPS) is 13.2. The molecule has 1 aromatic carbocycles. The second-order valence-corrected chi connectivity index (χ2v) is 6.40. The fourth-order valence-electron chi connectivity index (χ4n) is 1.76. The largest absolute Gasteiger partial charge is 0.472 e. The first-order valence-electron chi connectivity index (χ1n) is 6.28. The van der Waals surface area contributed by atoms with Crippen LogP contribution in [0, 0.1) is 0 Å². The van der Waals surface area contributed by atoms with Gasteiger partial charge in [-0.05, 0) is 18.1 Å². The number of aryl methyl sites for hydroxylation is 1. The number of hydrogen-bond acceptors (Lipinski definition) is 4. The van der Waals surface area contributed by atoms with E-state index in [2.05, 4.69) is 4.72 Å². The minimum Gasteiger partial charge on any atom is -0.472 e. The van der Waals surface area contributed by atoms with Crippen molar-refractivity contribution in [3.05, 3.63) is 60.1 Å². The lowest BCUT2D eigenvalue weighted by Gasteiger charge is -2.10. The molecule has 0 saturated heterocycles. The van der Waals surface area contributed by atoms with Crippen molar-refractivity contribution < 1.29 is 17.9 Å². The van der Waals surface area contributed by atoms with E-state index in [0.29, 0.717) is 12.0 Å². The fraction of sp³-hybridized carbons (Fsp3) is 0.286.